The highest BCUT2D eigenvalue weighted by Crippen LogP contribution is 2.23. The molecule has 106 valence electrons. The molecule has 0 aliphatic carbocycles. The van der Waals surface area contributed by atoms with Gasteiger partial charge in [0.15, 0.2) is 0 Å². The molecule has 1 fully saturated rings. The summed E-state index contributed by atoms with van der Waals surface area (Å²) in [6.07, 6.45) is -2.92. The Labute approximate surface area is 110 Å². The van der Waals surface area contributed by atoms with Crippen molar-refractivity contribution in [2.24, 2.45) is 0 Å². The van der Waals surface area contributed by atoms with Gasteiger partial charge in [-0.1, -0.05) is 0 Å². The van der Waals surface area contributed by atoms with Crippen molar-refractivity contribution in [1.82, 2.24) is 4.90 Å². The van der Waals surface area contributed by atoms with E-state index in [2.05, 4.69) is 0 Å². The van der Waals surface area contributed by atoms with Gasteiger partial charge in [0.2, 0.25) is 0 Å². The standard InChI is InChI=1S/C13H17F3N2O/c14-13(15,16)9-18-7-5-12(6-8-18)19-11-3-1-10(17)2-4-11/h1-4,12H,5-9,17H2. The van der Waals surface area contributed by atoms with E-state index in [9.17, 15) is 13.2 Å². The zero-order valence-electron chi connectivity index (χ0n) is 10.5. The Kier molecular flexibility index (Phi) is 4.19. The summed E-state index contributed by atoms with van der Waals surface area (Å²) >= 11 is 0. The summed E-state index contributed by atoms with van der Waals surface area (Å²) in [4.78, 5) is 1.42. The molecule has 0 saturated carbocycles. The predicted molar refractivity (Wildman–Crippen MR) is 67.0 cm³/mol. The molecule has 0 atom stereocenters. The van der Waals surface area contributed by atoms with Crippen LogP contribution in [-0.2, 0) is 0 Å². The molecule has 1 aliphatic rings. The van der Waals surface area contributed by atoms with E-state index in [1.54, 1.807) is 24.3 Å². The molecule has 1 saturated heterocycles. The fourth-order valence-electron chi connectivity index (χ4n) is 2.18. The first-order valence-corrected chi connectivity index (χ1v) is 6.24. The summed E-state index contributed by atoms with van der Waals surface area (Å²) in [7, 11) is 0. The van der Waals surface area contributed by atoms with Crippen LogP contribution in [-0.4, -0.2) is 36.8 Å². The van der Waals surface area contributed by atoms with Gasteiger partial charge < -0.3 is 10.5 Å². The molecule has 0 radical (unpaired) electrons. The lowest BCUT2D eigenvalue weighted by Crippen LogP contribution is -2.42. The maximum Gasteiger partial charge on any atom is 0.401 e. The van der Waals surface area contributed by atoms with Gasteiger partial charge in [0, 0.05) is 18.8 Å². The Hall–Kier alpha value is -1.43. The van der Waals surface area contributed by atoms with Gasteiger partial charge in [-0.05, 0) is 37.1 Å². The summed E-state index contributed by atoms with van der Waals surface area (Å²) in [6, 6.07) is 7.04. The first-order chi connectivity index (χ1) is 8.92. The third kappa shape index (κ3) is 4.63. The van der Waals surface area contributed by atoms with Crippen molar-refractivity contribution >= 4 is 5.69 Å². The van der Waals surface area contributed by atoms with E-state index in [1.807, 2.05) is 0 Å². The fraction of sp³-hybridized carbons (Fsp3) is 0.538. The van der Waals surface area contributed by atoms with Gasteiger partial charge in [-0.15, -0.1) is 0 Å². The lowest BCUT2D eigenvalue weighted by Gasteiger charge is -2.32. The summed E-state index contributed by atoms with van der Waals surface area (Å²) < 4.78 is 42.4. The minimum absolute atomic E-state index is 0.0203. The van der Waals surface area contributed by atoms with Crippen LogP contribution in [0.5, 0.6) is 5.75 Å². The number of halogens is 3. The number of alkyl halides is 3. The number of nitrogens with two attached hydrogens (primary N) is 1. The maximum atomic E-state index is 12.2. The Morgan fingerprint density at radius 2 is 1.74 bits per heavy atom. The number of likely N-dealkylation sites (tertiary alicyclic amines) is 1. The fourth-order valence-corrected chi connectivity index (χ4v) is 2.18. The molecule has 1 aromatic carbocycles. The van der Waals surface area contributed by atoms with Gasteiger partial charge in [0.05, 0.1) is 6.54 Å². The van der Waals surface area contributed by atoms with E-state index in [1.165, 1.54) is 4.90 Å². The highest BCUT2D eigenvalue weighted by atomic mass is 19.4. The molecular formula is C13H17F3N2O. The molecule has 0 bridgehead atoms. The smallest absolute Gasteiger partial charge is 0.401 e. The molecular weight excluding hydrogens is 257 g/mol. The van der Waals surface area contributed by atoms with E-state index in [0.29, 0.717) is 37.4 Å². The maximum absolute atomic E-state index is 12.2. The van der Waals surface area contributed by atoms with Crippen LogP contribution in [0.2, 0.25) is 0 Å². The topological polar surface area (TPSA) is 38.5 Å². The zero-order valence-corrected chi connectivity index (χ0v) is 10.5. The third-order valence-corrected chi connectivity index (χ3v) is 3.12. The molecule has 6 heteroatoms. The molecule has 0 unspecified atom stereocenters. The second-order valence-corrected chi connectivity index (χ2v) is 4.78. The highest BCUT2D eigenvalue weighted by molar-refractivity contribution is 5.41. The lowest BCUT2D eigenvalue weighted by atomic mass is 10.1. The van der Waals surface area contributed by atoms with Gasteiger partial charge >= 0.3 is 6.18 Å². The molecule has 19 heavy (non-hydrogen) atoms. The molecule has 1 heterocycles. The Balaban J connectivity index is 1.79. The molecule has 2 rings (SSSR count). The average Bonchev–Trinajstić information content (AvgIpc) is 2.33. The minimum atomic E-state index is -4.12. The number of hydrogen-bond donors (Lipinski definition) is 1. The number of anilines is 1. The van der Waals surface area contributed by atoms with Gasteiger partial charge in [-0.2, -0.15) is 13.2 Å². The minimum Gasteiger partial charge on any atom is -0.490 e. The van der Waals surface area contributed by atoms with Crippen LogP contribution < -0.4 is 10.5 Å². The Bertz CT molecular complexity index is 397. The Morgan fingerprint density at radius 3 is 2.26 bits per heavy atom. The lowest BCUT2D eigenvalue weighted by molar-refractivity contribution is -0.149. The number of hydrogen-bond acceptors (Lipinski definition) is 3. The van der Waals surface area contributed by atoms with Crippen LogP contribution in [0.15, 0.2) is 24.3 Å². The third-order valence-electron chi connectivity index (χ3n) is 3.12. The number of rotatable bonds is 3. The van der Waals surface area contributed by atoms with Crippen LogP contribution in [0.1, 0.15) is 12.8 Å². The van der Waals surface area contributed by atoms with E-state index in [-0.39, 0.29) is 6.10 Å². The van der Waals surface area contributed by atoms with Crippen LogP contribution in [0.25, 0.3) is 0 Å². The summed E-state index contributed by atoms with van der Waals surface area (Å²) in [5.74, 6) is 0.712. The van der Waals surface area contributed by atoms with Crippen LogP contribution in [0.3, 0.4) is 0 Å². The van der Waals surface area contributed by atoms with Crippen molar-refractivity contribution < 1.29 is 17.9 Å². The van der Waals surface area contributed by atoms with E-state index in [4.69, 9.17) is 10.5 Å². The Morgan fingerprint density at radius 1 is 1.16 bits per heavy atom. The van der Waals surface area contributed by atoms with Gasteiger partial charge in [-0.25, -0.2) is 0 Å². The number of nitrogen functional groups attached to an aromatic ring is 1. The normalized spacial score (nSPS) is 18.5. The van der Waals surface area contributed by atoms with E-state index < -0.39 is 12.7 Å². The number of benzene rings is 1. The van der Waals surface area contributed by atoms with E-state index in [0.717, 1.165) is 0 Å². The van der Waals surface area contributed by atoms with Crippen LogP contribution in [0, 0.1) is 0 Å². The molecule has 0 amide bonds. The second-order valence-electron chi connectivity index (χ2n) is 4.78. The molecule has 2 N–H and O–H groups in total. The largest absolute Gasteiger partial charge is 0.490 e. The van der Waals surface area contributed by atoms with Crippen molar-refractivity contribution in [2.45, 2.75) is 25.1 Å². The molecule has 1 aromatic rings. The zero-order chi connectivity index (χ0) is 13.9. The van der Waals surface area contributed by atoms with Crippen LogP contribution in [0.4, 0.5) is 18.9 Å². The van der Waals surface area contributed by atoms with Gasteiger partial charge in [-0.3, -0.25) is 4.90 Å². The van der Waals surface area contributed by atoms with Crippen molar-refractivity contribution in [3.8, 4) is 5.75 Å². The second kappa shape index (κ2) is 5.69. The van der Waals surface area contributed by atoms with E-state index >= 15 is 0 Å². The highest BCUT2D eigenvalue weighted by Gasteiger charge is 2.32. The van der Waals surface area contributed by atoms with Crippen molar-refractivity contribution in [1.29, 1.82) is 0 Å². The summed E-state index contributed by atoms with van der Waals surface area (Å²) in [5.41, 5.74) is 6.23. The first kappa shape index (κ1) is 14.0. The number of piperidine rings is 1. The monoisotopic (exact) mass is 274 g/mol. The van der Waals surface area contributed by atoms with Gasteiger partial charge in [0.1, 0.15) is 11.9 Å². The van der Waals surface area contributed by atoms with Crippen LogP contribution >= 0.6 is 0 Å². The van der Waals surface area contributed by atoms with Crippen molar-refractivity contribution in [3.05, 3.63) is 24.3 Å². The quantitative estimate of drug-likeness (QED) is 0.861. The molecule has 0 aromatic heterocycles. The van der Waals surface area contributed by atoms with Crippen molar-refractivity contribution in [2.75, 3.05) is 25.4 Å². The molecule has 3 nitrogen and oxygen atoms in total. The number of ether oxygens (including phenoxy) is 1. The SMILES string of the molecule is Nc1ccc(OC2CCN(CC(F)(F)F)CC2)cc1. The average molecular weight is 274 g/mol. The van der Waals surface area contributed by atoms with Gasteiger partial charge in [0.25, 0.3) is 0 Å². The number of nitrogens with zero attached hydrogens (tertiary/aromatic N) is 1. The van der Waals surface area contributed by atoms with Crippen molar-refractivity contribution in [3.63, 3.8) is 0 Å². The summed E-state index contributed by atoms with van der Waals surface area (Å²) in [5, 5.41) is 0. The molecule has 1 aliphatic heterocycles. The first-order valence-electron chi connectivity index (χ1n) is 6.24. The molecule has 0 spiro atoms. The summed E-state index contributed by atoms with van der Waals surface area (Å²) in [6.45, 7) is -0.000110. The predicted octanol–water partition coefficient (Wildman–Crippen LogP) is 2.67.